The monoisotopic (exact) mass is 497 g/mol. The van der Waals surface area contributed by atoms with Crippen molar-refractivity contribution in [2.45, 2.75) is 11.8 Å². The van der Waals surface area contributed by atoms with E-state index in [0.717, 1.165) is 10.0 Å². The predicted octanol–water partition coefficient (Wildman–Crippen LogP) is 4.87. The van der Waals surface area contributed by atoms with Gasteiger partial charge in [-0.15, -0.1) is 0 Å². The Labute approximate surface area is 188 Å². The number of hydrogen-bond acceptors (Lipinski definition) is 6. The molecule has 6 nitrogen and oxygen atoms in total. The van der Waals surface area contributed by atoms with E-state index in [-0.39, 0.29) is 22.2 Å². The first-order valence-corrected chi connectivity index (χ1v) is 11.4. The molecule has 0 bridgehead atoms. The van der Waals surface area contributed by atoms with Gasteiger partial charge in [0.1, 0.15) is 10.6 Å². The number of rotatable bonds is 5. The molecule has 3 aromatic rings. The van der Waals surface area contributed by atoms with Crippen LogP contribution in [0.2, 0.25) is 0 Å². The van der Waals surface area contributed by atoms with Gasteiger partial charge < -0.3 is 8.92 Å². The molecule has 0 saturated heterocycles. The molecule has 0 N–H and O–H groups in total. The number of carbonyl (C=O) groups is 1. The maximum absolute atomic E-state index is 12.7. The highest BCUT2D eigenvalue weighted by Crippen LogP contribution is 2.27. The maximum Gasteiger partial charge on any atom is 0.363 e. The van der Waals surface area contributed by atoms with Crippen molar-refractivity contribution < 1.29 is 22.1 Å². The van der Waals surface area contributed by atoms with Gasteiger partial charge in [0.05, 0.1) is 0 Å². The zero-order valence-corrected chi connectivity index (χ0v) is 18.7. The van der Waals surface area contributed by atoms with E-state index in [1.54, 1.807) is 48.5 Å². The topological polar surface area (TPSA) is 82.0 Å². The summed E-state index contributed by atoms with van der Waals surface area (Å²) in [6, 6.07) is 20.0. The van der Waals surface area contributed by atoms with Crippen molar-refractivity contribution in [1.82, 2.24) is 0 Å². The van der Waals surface area contributed by atoms with Gasteiger partial charge in [-0.1, -0.05) is 57.9 Å². The number of cyclic esters (lactones) is 1. The fourth-order valence-electron chi connectivity index (χ4n) is 2.85. The molecule has 3 aromatic carbocycles. The van der Waals surface area contributed by atoms with Crippen molar-refractivity contribution >= 4 is 44.0 Å². The van der Waals surface area contributed by atoms with Crippen LogP contribution in [0.1, 0.15) is 16.7 Å². The lowest BCUT2D eigenvalue weighted by atomic mass is 10.1. The van der Waals surface area contributed by atoms with Gasteiger partial charge in [-0.3, -0.25) is 0 Å². The van der Waals surface area contributed by atoms with E-state index in [0.29, 0.717) is 11.1 Å². The first-order chi connectivity index (χ1) is 14.8. The predicted molar refractivity (Wildman–Crippen MR) is 120 cm³/mol. The first kappa shape index (κ1) is 21.0. The number of halogens is 1. The second-order valence-corrected chi connectivity index (χ2v) is 9.20. The Bertz CT molecular complexity index is 1330. The zero-order valence-electron chi connectivity index (χ0n) is 16.3. The van der Waals surface area contributed by atoms with E-state index < -0.39 is 16.1 Å². The van der Waals surface area contributed by atoms with Crippen molar-refractivity contribution in [3.05, 3.63) is 99.7 Å². The van der Waals surface area contributed by atoms with Crippen molar-refractivity contribution in [2.75, 3.05) is 0 Å². The molecule has 1 heterocycles. The minimum Gasteiger partial charge on any atom is -0.402 e. The Morgan fingerprint density at radius 3 is 2.48 bits per heavy atom. The fraction of sp³-hybridized carbons (Fsp3) is 0.0435. The Balaban J connectivity index is 1.66. The second-order valence-electron chi connectivity index (χ2n) is 6.73. The Morgan fingerprint density at radius 2 is 1.74 bits per heavy atom. The summed E-state index contributed by atoms with van der Waals surface area (Å²) in [6.07, 6.45) is 1.44. The standard InChI is InChI=1S/C23H16BrNO5S/c1-15-9-11-19(12-10-15)31(27,28)30-21-8-3-2-5-16(21)14-20-23(26)29-22(25-20)17-6-4-7-18(24)13-17/h2-14H,1H3/b20-14-. The average molecular weight is 498 g/mol. The second kappa shape index (κ2) is 8.49. The summed E-state index contributed by atoms with van der Waals surface area (Å²) >= 11 is 3.37. The van der Waals surface area contributed by atoms with Crippen LogP contribution in [0.25, 0.3) is 6.08 Å². The number of esters is 1. The Hall–Kier alpha value is -3.23. The lowest BCUT2D eigenvalue weighted by Crippen LogP contribution is -2.10. The highest BCUT2D eigenvalue weighted by Gasteiger charge is 2.25. The highest BCUT2D eigenvalue weighted by molar-refractivity contribution is 9.10. The lowest BCUT2D eigenvalue weighted by molar-refractivity contribution is -0.129. The van der Waals surface area contributed by atoms with Crippen LogP contribution >= 0.6 is 15.9 Å². The highest BCUT2D eigenvalue weighted by atomic mass is 79.9. The summed E-state index contributed by atoms with van der Waals surface area (Å²) in [7, 11) is -4.04. The minimum absolute atomic E-state index is 0.0378. The van der Waals surface area contributed by atoms with E-state index in [4.69, 9.17) is 8.92 Å². The van der Waals surface area contributed by atoms with Gasteiger partial charge in [-0.2, -0.15) is 8.42 Å². The Kier molecular flexibility index (Phi) is 5.75. The Morgan fingerprint density at radius 1 is 1.00 bits per heavy atom. The van der Waals surface area contributed by atoms with Crippen LogP contribution in [0.15, 0.2) is 92.9 Å². The fourth-order valence-corrected chi connectivity index (χ4v) is 4.20. The summed E-state index contributed by atoms with van der Waals surface area (Å²) in [6.45, 7) is 1.86. The number of aryl methyl sites for hydroxylation is 1. The molecular weight excluding hydrogens is 482 g/mol. The van der Waals surface area contributed by atoms with Crippen LogP contribution in [0.3, 0.4) is 0 Å². The van der Waals surface area contributed by atoms with Crippen molar-refractivity contribution in [3.8, 4) is 5.75 Å². The van der Waals surface area contributed by atoms with Gasteiger partial charge in [-0.05, 0) is 49.4 Å². The van der Waals surface area contributed by atoms with Gasteiger partial charge in [0.2, 0.25) is 5.90 Å². The van der Waals surface area contributed by atoms with Gasteiger partial charge >= 0.3 is 16.1 Å². The third kappa shape index (κ3) is 4.76. The lowest BCUT2D eigenvalue weighted by Gasteiger charge is -2.09. The largest absolute Gasteiger partial charge is 0.402 e. The smallest absolute Gasteiger partial charge is 0.363 e. The normalized spacial score (nSPS) is 15.0. The van der Waals surface area contributed by atoms with Gasteiger partial charge in [0.25, 0.3) is 0 Å². The average Bonchev–Trinajstić information content (AvgIpc) is 3.10. The van der Waals surface area contributed by atoms with E-state index in [1.165, 1.54) is 24.3 Å². The molecule has 0 spiro atoms. The number of carbonyl (C=O) groups excluding carboxylic acids is 1. The quantitative estimate of drug-likeness (QED) is 0.285. The molecule has 0 unspecified atom stereocenters. The van der Waals surface area contributed by atoms with Crippen LogP contribution in [-0.2, 0) is 19.6 Å². The van der Waals surface area contributed by atoms with Gasteiger partial charge in [0, 0.05) is 15.6 Å². The zero-order chi connectivity index (χ0) is 22.0. The molecule has 0 fully saturated rings. The van der Waals surface area contributed by atoms with E-state index in [9.17, 15) is 13.2 Å². The minimum atomic E-state index is -4.04. The summed E-state index contributed by atoms with van der Waals surface area (Å²) in [4.78, 5) is 16.6. The molecule has 0 amide bonds. The third-order valence-electron chi connectivity index (χ3n) is 4.41. The molecule has 1 aliphatic rings. The molecule has 0 aromatic heterocycles. The number of ether oxygens (including phenoxy) is 1. The summed E-state index contributed by atoms with van der Waals surface area (Å²) in [5, 5.41) is 0. The summed E-state index contributed by atoms with van der Waals surface area (Å²) < 4.78 is 36.8. The molecular formula is C23H16BrNO5S. The molecule has 8 heteroatoms. The van der Waals surface area contributed by atoms with Crippen LogP contribution in [0.5, 0.6) is 5.75 Å². The van der Waals surface area contributed by atoms with Crippen LogP contribution < -0.4 is 4.18 Å². The number of nitrogens with zero attached hydrogens (tertiary/aromatic N) is 1. The van der Waals surface area contributed by atoms with E-state index in [1.807, 2.05) is 13.0 Å². The van der Waals surface area contributed by atoms with Crippen LogP contribution in [0, 0.1) is 6.92 Å². The number of aliphatic imine (C=N–C) groups is 1. The number of hydrogen-bond donors (Lipinski definition) is 0. The van der Waals surface area contributed by atoms with Crippen molar-refractivity contribution in [2.24, 2.45) is 4.99 Å². The maximum atomic E-state index is 12.7. The first-order valence-electron chi connectivity index (χ1n) is 9.20. The van der Waals surface area contributed by atoms with Crippen molar-refractivity contribution in [3.63, 3.8) is 0 Å². The SMILES string of the molecule is Cc1ccc(S(=O)(=O)Oc2ccccc2/C=C2\N=C(c3cccc(Br)c3)OC2=O)cc1. The van der Waals surface area contributed by atoms with E-state index >= 15 is 0 Å². The molecule has 0 radical (unpaired) electrons. The molecule has 156 valence electrons. The molecule has 0 aliphatic carbocycles. The number of benzene rings is 3. The third-order valence-corrected chi connectivity index (χ3v) is 6.15. The summed E-state index contributed by atoms with van der Waals surface area (Å²) in [5.74, 6) is -0.385. The molecule has 0 saturated carbocycles. The summed E-state index contributed by atoms with van der Waals surface area (Å²) in [5.41, 5.74) is 1.99. The molecule has 31 heavy (non-hydrogen) atoms. The van der Waals surface area contributed by atoms with Gasteiger partial charge in [0.15, 0.2) is 5.70 Å². The van der Waals surface area contributed by atoms with Gasteiger partial charge in [-0.25, -0.2) is 9.79 Å². The molecule has 1 aliphatic heterocycles. The molecule has 4 rings (SSSR count). The molecule has 0 atom stereocenters. The van der Waals surface area contributed by atoms with Crippen molar-refractivity contribution in [1.29, 1.82) is 0 Å². The number of para-hydroxylation sites is 1. The van der Waals surface area contributed by atoms with Crippen LogP contribution in [-0.4, -0.2) is 20.3 Å². The van der Waals surface area contributed by atoms with E-state index in [2.05, 4.69) is 20.9 Å². The van der Waals surface area contributed by atoms with Crippen LogP contribution in [0.4, 0.5) is 0 Å².